The van der Waals surface area contributed by atoms with Gasteiger partial charge in [-0.15, -0.1) is 11.3 Å². The SMILES string of the molecule is COc1ccc(C(c2ccccc2)C(C)(C)C(=O)Nc2nccs2)cc1F. The van der Waals surface area contributed by atoms with Gasteiger partial charge in [0.15, 0.2) is 16.7 Å². The molecule has 1 heterocycles. The number of carbonyl (C=O) groups is 1. The number of hydrogen-bond donors (Lipinski definition) is 1. The quantitative estimate of drug-likeness (QED) is 0.644. The van der Waals surface area contributed by atoms with Gasteiger partial charge in [0.05, 0.1) is 12.5 Å². The zero-order valence-corrected chi connectivity index (χ0v) is 16.2. The fraction of sp³-hybridized carbons (Fsp3) is 0.238. The highest BCUT2D eigenvalue weighted by atomic mass is 32.1. The van der Waals surface area contributed by atoms with Gasteiger partial charge in [-0.1, -0.05) is 50.2 Å². The number of hydrogen-bond acceptors (Lipinski definition) is 4. The molecule has 6 heteroatoms. The minimum absolute atomic E-state index is 0.176. The topological polar surface area (TPSA) is 51.2 Å². The minimum atomic E-state index is -0.853. The standard InChI is InChI=1S/C21H21FN2O2S/c1-21(2,19(25)24-20-23-11-12-27-20)18(14-7-5-4-6-8-14)15-9-10-17(26-3)16(22)13-15/h4-13,18H,1-3H3,(H,23,24,25). The first-order valence-electron chi connectivity index (χ1n) is 8.53. The lowest BCUT2D eigenvalue weighted by molar-refractivity contribution is -0.124. The first-order valence-corrected chi connectivity index (χ1v) is 9.40. The molecule has 1 aromatic heterocycles. The fourth-order valence-electron chi connectivity index (χ4n) is 3.21. The van der Waals surface area contributed by atoms with E-state index in [0.29, 0.717) is 10.7 Å². The lowest BCUT2D eigenvalue weighted by atomic mass is 9.70. The molecule has 1 amide bonds. The van der Waals surface area contributed by atoms with Crippen molar-refractivity contribution in [2.45, 2.75) is 19.8 Å². The summed E-state index contributed by atoms with van der Waals surface area (Å²) in [6.45, 7) is 3.71. The van der Waals surface area contributed by atoms with Crippen LogP contribution in [0.5, 0.6) is 5.75 Å². The average Bonchev–Trinajstić information content (AvgIpc) is 3.16. The Morgan fingerprint density at radius 1 is 1.19 bits per heavy atom. The Morgan fingerprint density at radius 3 is 2.52 bits per heavy atom. The molecule has 0 radical (unpaired) electrons. The summed E-state index contributed by atoms with van der Waals surface area (Å²) in [7, 11) is 1.43. The van der Waals surface area contributed by atoms with E-state index in [2.05, 4.69) is 10.3 Å². The molecule has 140 valence electrons. The zero-order chi connectivity index (χ0) is 19.4. The number of aromatic nitrogens is 1. The van der Waals surface area contributed by atoms with Crippen molar-refractivity contribution in [3.63, 3.8) is 0 Å². The number of methoxy groups -OCH3 is 1. The van der Waals surface area contributed by atoms with Crippen molar-refractivity contribution in [3.05, 3.63) is 77.1 Å². The molecule has 0 spiro atoms. The number of thiazole rings is 1. The molecule has 0 saturated carbocycles. The highest BCUT2D eigenvalue weighted by molar-refractivity contribution is 7.13. The molecule has 0 aliphatic rings. The molecule has 27 heavy (non-hydrogen) atoms. The van der Waals surface area contributed by atoms with E-state index in [1.165, 1.54) is 24.5 Å². The van der Waals surface area contributed by atoms with E-state index >= 15 is 0 Å². The van der Waals surface area contributed by atoms with Gasteiger partial charge in [-0.3, -0.25) is 4.79 Å². The largest absolute Gasteiger partial charge is 0.494 e. The molecule has 1 unspecified atom stereocenters. The van der Waals surface area contributed by atoms with Crippen LogP contribution in [0.15, 0.2) is 60.1 Å². The van der Waals surface area contributed by atoms with E-state index in [1.54, 1.807) is 23.7 Å². The van der Waals surface area contributed by atoms with Crippen LogP contribution in [0.1, 0.15) is 30.9 Å². The second-order valence-corrected chi connectivity index (χ2v) is 7.65. The molecule has 1 atom stereocenters. The summed E-state index contributed by atoms with van der Waals surface area (Å²) in [4.78, 5) is 17.2. The molecule has 0 saturated heterocycles. The first-order chi connectivity index (χ1) is 12.9. The monoisotopic (exact) mass is 384 g/mol. The maximum Gasteiger partial charge on any atom is 0.232 e. The van der Waals surface area contributed by atoms with E-state index in [0.717, 1.165) is 5.56 Å². The molecular weight excluding hydrogens is 363 g/mol. The fourth-order valence-corrected chi connectivity index (χ4v) is 3.73. The number of amides is 1. The Morgan fingerprint density at radius 2 is 1.93 bits per heavy atom. The van der Waals surface area contributed by atoms with Gasteiger partial charge < -0.3 is 10.1 Å². The van der Waals surface area contributed by atoms with E-state index in [1.807, 2.05) is 44.2 Å². The summed E-state index contributed by atoms with van der Waals surface area (Å²) in [6.07, 6.45) is 1.64. The van der Waals surface area contributed by atoms with Crippen molar-refractivity contribution in [2.24, 2.45) is 5.41 Å². The van der Waals surface area contributed by atoms with Gasteiger partial charge in [-0.05, 0) is 23.3 Å². The van der Waals surface area contributed by atoms with Gasteiger partial charge in [0.2, 0.25) is 5.91 Å². The van der Waals surface area contributed by atoms with Crippen LogP contribution in [0.3, 0.4) is 0 Å². The van der Waals surface area contributed by atoms with Crippen molar-refractivity contribution in [1.82, 2.24) is 4.98 Å². The molecule has 3 aromatic rings. The lowest BCUT2D eigenvalue weighted by Crippen LogP contribution is -2.37. The predicted octanol–water partition coefficient (Wildman–Crippen LogP) is 5.09. The van der Waals surface area contributed by atoms with Crippen molar-refractivity contribution < 1.29 is 13.9 Å². The van der Waals surface area contributed by atoms with Gasteiger partial charge in [0.1, 0.15) is 0 Å². The summed E-state index contributed by atoms with van der Waals surface area (Å²) >= 11 is 1.36. The lowest BCUT2D eigenvalue weighted by Gasteiger charge is -2.34. The van der Waals surface area contributed by atoms with Crippen LogP contribution in [0.2, 0.25) is 0 Å². The summed E-state index contributed by atoms with van der Waals surface area (Å²) in [6, 6.07) is 14.5. The third-order valence-electron chi connectivity index (χ3n) is 4.60. The van der Waals surface area contributed by atoms with Crippen LogP contribution in [0.25, 0.3) is 0 Å². The van der Waals surface area contributed by atoms with Gasteiger partial charge in [0, 0.05) is 17.5 Å². The Hall–Kier alpha value is -2.73. The summed E-state index contributed by atoms with van der Waals surface area (Å²) in [5.74, 6) is -0.802. The second kappa shape index (κ2) is 7.88. The van der Waals surface area contributed by atoms with Crippen LogP contribution in [-0.4, -0.2) is 18.0 Å². The van der Waals surface area contributed by atoms with Gasteiger partial charge in [-0.2, -0.15) is 0 Å². The van der Waals surface area contributed by atoms with Gasteiger partial charge in [0.25, 0.3) is 0 Å². The van der Waals surface area contributed by atoms with Crippen molar-refractivity contribution >= 4 is 22.4 Å². The Bertz CT molecular complexity index is 911. The summed E-state index contributed by atoms with van der Waals surface area (Å²) in [5.41, 5.74) is 0.786. The molecule has 0 fully saturated rings. The van der Waals surface area contributed by atoms with E-state index in [4.69, 9.17) is 4.74 Å². The predicted molar refractivity (Wildman–Crippen MR) is 106 cm³/mol. The van der Waals surface area contributed by atoms with E-state index < -0.39 is 11.2 Å². The van der Waals surface area contributed by atoms with Crippen LogP contribution in [-0.2, 0) is 4.79 Å². The molecule has 0 aliphatic carbocycles. The Balaban J connectivity index is 2.04. The molecule has 2 aromatic carbocycles. The molecule has 0 aliphatic heterocycles. The average molecular weight is 384 g/mol. The third-order valence-corrected chi connectivity index (χ3v) is 5.29. The highest BCUT2D eigenvalue weighted by Gasteiger charge is 2.39. The van der Waals surface area contributed by atoms with E-state index in [9.17, 15) is 9.18 Å². The van der Waals surface area contributed by atoms with Crippen LogP contribution >= 0.6 is 11.3 Å². The van der Waals surface area contributed by atoms with Crippen LogP contribution in [0, 0.1) is 11.2 Å². The number of halogens is 1. The van der Waals surface area contributed by atoms with Crippen LogP contribution < -0.4 is 10.1 Å². The third kappa shape index (κ3) is 4.01. The number of nitrogens with zero attached hydrogens (tertiary/aromatic N) is 1. The van der Waals surface area contributed by atoms with Gasteiger partial charge >= 0.3 is 0 Å². The Labute approximate surface area is 162 Å². The molecule has 1 N–H and O–H groups in total. The number of anilines is 1. The summed E-state index contributed by atoms with van der Waals surface area (Å²) < 4.78 is 19.4. The number of benzene rings is 2. The Kier molecular flexibility index (Phi) is 5.56. The maximum absolute atomic E-state index is 14.4. The normalized spacial score (nSPS) is 12.4. The highest BCUT2D eigenvalue weighted by Crippen LogP contribution is 2.42. The smallest absolute Gasteiger partial charge is 0.232 e. The number of carbonyl (C=O) groups excluding carboxylic acids is 1. The molecule has 0 bridgehead atoms. The van der Waals surface area contributed by atoms with Crippen molar-refractivity contribution in [1.29, 1.82) is 0 Å². The molecule has 4 nitrogen and oxygen atoms in total. The molecular formula is C21H21FN2O2S. The second-order valence-electron chi connectivity index (χ2n) is 6.75. The summed E-state index contributed by atoms with van der Waals surface area (Å²) in [5, 5.41) is 5.21. The number of ether oxygens (including phenoxy) is 1. The van der Waals surface area contributed by atoms with Gasteiger partial charge in [-0.25, -0.2) is 9.37 Å². The van der Waals surface area contributed by atoms with Crippen molar-refractivity contribution in [2.75, 3.05) is 12.4 Å². The first kappa shape index (κ1) is 19.0. The van der Waals surface area contributed by atoms with E-state index in [-0.39, 0.29) is 17.6 Å². The number of nitrogens with one attached hydrogen (secondary N) is 1. The number of rotatable bonds is 6. The molecule has 3 rings (SSSR count). The minimum Gasteiger partial charge on any atom is -0.494 e. The zero-order valence-electron chi connectivity index (χ0n) is 15.4. The maximum atomic E-state index is 14.4. The van der Waals surface area contributed by atoms with Crippen molar-refractivity contribution in [3.8, 4) is 5.75 Å². The van der Waals surface area contributed by atoms with Crippen LogP contribution in [0.4, 0.5) is 9.52 Å².